The van der Waals surface area contributed by atoms with Gasteiger partial charge in [0, 0.05) is 5.69 Å². The van der Waals surface area contributed by atoms with Crippen LogP contribution in [0.4, 0.5) is 5.69 Å². The molecule has 0 unspecified atom stereocenters. The number of rotatable bonds is 4. The van der Waals surface area contributed by atoms with Gasteiger partial charge >= 0.3 is 0 Å². The average Bonchev–Trinajstić information content (AvgIpc) is 3.14. The highest BCUT2D eigenvalue weighted by Crippen LogP contribution is 2.23. The Kier molecular flexibility index (Phi) is 3.70. The van der Waals surface area contributed by atoms with Crippen LogP contribution in [0.15, 0.2) is 53.7 Å². The first kappa shape index (κ1) is 14.8. The number of nitrogens with one attached hydrogen (secondary N) is 2. The van der Waals surface area contributed by atoms with E-state index in [4.69, 9.17) is 0 Å². The first-order valence-corrected chi connectivity index (χ1v) is 8.50. The number of aryl methyl sites for hydroxylation is 1. The summed E-state index contributed by atoms with van der Waals surface area (Å²) in [4.78, 5) is 16.6. The molecule has 0 fully saturated rings. The summed E-state index contributed by atoms with van der Waals surface area (Å²) in [6.07, 6.45) is 0. The molecule has 0 aliphatic carbocycles. The number of para-hydroxylation sites is 2. The number of nitrogens with zero attached hydrogens (tertiary/aromatic N) is 3. The lowest BCUT2D eigenvalue weighted by Gasteiger charge is -2.04. The Labute approximate surface area is 142 Å². The van der Waals surface area contributed by atoms with Crippen LogP contribution in [0.3, 0.4) is 0 Å². The Bertz CT molecular complexity index is 1020. The highest BCUT2D eigenvalue weighted by Gasteiger charge is 2.13. The van der Waals surface area contributed by atoms with Crippen LogP contribution in [-0.2, 0) is 4.79 Å². The van der Waals surface area contributed by atoms with Crippen molar-refractivity contribution in [1.82, 2.24) is 19.6 Å². The van der Waals surface area contributed by atoms with Gasteiger partial charge in [-0.05, 0) is 31.2 Å². The SMILES string of the molecule is Cc1ccc(NC(=O)CSc2n[nH]c3nc4ccccc4n23)cc1. The highest BCUT2D eigenvalue weighted by molar-refractivity contribution is 7.99. The molecule has 2 aromatic carbocycles. The Morgan fingerprint density at radius 3 is 2.83 bits per heavy atom. The number of anilines is 1. The number of thioether (sulfide) groups is 1. The summed E-state index contributed by atoms with van der Waals surface area (Å²) in [5, 5.41) is 10.8. The molecule has 2 aromatic heterocycles. The number of imidazole rings is 1. The fourth-order valence-corrected chi connectivity index (χ4v) is 3.26. The van der Waals surface area contributed by atoms with Crippen molar-refractivity contribution < 1.29 is 4.79 Å². The number of carbonyl (C=O) groups excluding carboxylic acids is 1. The van der Waals surface area contributed by atoms with Crippen LogP contribution >= 0.6 is 11.8 Å². The third kappa shape index (κ3) is 2.74. The zero-order valence-corrected chi connectivity index (χ0v) is 13.8. The first-order valence-electron chi connectivity index (χ1n) is 7.51. The minimum atomic E-state index is -0.0653. The van der Waals surface area contributed by atoms with Gasteiger partial charge in [-0.15, -0.1) is 5.10 Å². The molecule has 4 rings (SSSR count). The number of hydrogen-bond donors (Lipinski definition) is 2. The van der Waals surface area contributed by atoms with Crippen molar-refractivity contribution in [2.45, 2.75) is 12.1 Å². The maximum Gasteiger partial charge on any atom is 0.234 e. The van der Waals surface area contributed by atoms with E-state index in [1.54, 1.807) is 0 Å². The second-order valence-electron chi connectivity index (χ2n) is 5.47. The zero-order valence-electron chi connectivity index (χ0n) is 13.0. The number of carbonyl (C=O) groups is 1. The third-order valence-electron chi connectivity index (χ3n) is 3.67. The third-order valence-corrected chi connectivity index (χ3v) is 4.61. The van der Waals surface area contributed by atoms with Crippen molar-refractivity contribution in [3.63, 3.8) is 0 Å². The smallest absolute Gasteiger partial charge is 0.234 e. The predicted octanol–water partition coefficient (Wildman–Crippen LogP) is 3.25. The van der Waals surface area contributed by atoms with Crippen molar-refractivity contribution >= 4 is 40.2 Å². The van der Waals surface area contributed by atoms with Crippen LogP contribution in [0.25, 0.3) is 16.8 Å². The van der Waals surface area contributed by atoms with Crippen LogP contribution in [0.5, 0.6) is 0 Å². The van der Waals surface area contributed by atoms with Crippen LogP contribution in [0.2, 0.25) is 0 Å². The maximum atomic E-state index is 12.1. The molecule has 0 atom stereocenters. The van der Waals surface area contributed by atoms with Gasteiger partial charge in [0.25, 0.3) is 0 Å². The number of H-pyrrole nitrogens is 1. The Balaban J connectivity index is 1.50. The van der Waals surface area contributed by atoms with E-state index < -0.39 is 0 Å². The molecule has 120 valence electrons. The molecule has 0 radical (unpaired) electrons. The zero-order chi connectivity index (χ0) is 16.5. The van der Waals surface area contributed by atoms with E-state index in [0.29, 0.717) is 5.78 Å². The highest BCUT2D eigenvalue weighted by atomic mass is 32.2. The molecular weight excluding hydrogens is 322 g/mol. The normalized spacial score (nSPS) is 11.2. The van der Waals surface area contributed by atoms with E-state index in [-0.39, 0.29) is 11.7 Å². The van der Waals surface area contributed by atoms with Crippen molar-refractivity contribution in [2.24, 2.45) is 0 Å². The molecular formula is C17H15N5OS. The molecule has 0 spiro atoms. The topological polar surface area (TPSA) is 75.1 Å². The summed E-state index contributed by atoms with van der Waals surface area (Å²) < 4.78 is 1.93. The summed E-state index contributed by atoms with van der Waals surface area (Å²) >= 11 is 1.38. The summed E-state index contributed by atoms with van der Waals surface area (Å²) in [7, 11) is 0. The molecule has 4 aromatic rings. The Morgan fingerprint density at radius 2 is 2.00 bits per heavy atom. The molecule has 6 nitrogen and oxygen atoms in total. The van der Waals surface area contributed by atoms with Gasteiger partial charge in [0.1, 0.15) is 0 Å². The number of hydrogen-bond acceptors (Lipinski definition) is 4. The number of benzene rings is 2. The molecule has 0 aliphatic rings. The van der Waals surface area contributed by atoms with E-state index in [1.165, 1.54) is 11.8 Å². The maximum absolute atomic E-state index is 12.1. The van der Waals surface area contributed by atoms with E-state index in [9.17, 15) is 4.79 Å². The summed E-state index contributed by atoms with van der Waals surface area (Å²) in [5.74, 6) is 0.891. The second kappa shape index (κ2) is 6.01. The van der Waals surface area contributed by atoms with Crippen LogP contribution in [0, 0.1) is 6.92 Å². The first-order chi connectivity index (χ1) is 11.7. The number of fused-ring (bicyclic) bond motifs is 3. The Morgan fingerprint density at radius 1 is 1.21 bits per heavy atom. The van der Waals surface area contributed by atoms with Gasteiger partial charge in [0.15, 0.2) is 5.16 Å². The number of amides is 1. The van der Waals surface area contributed by atoms with Gasteiger partial charge in [-0.3, -0.25) is 9.20 Å². The molecule has 2 heterocycles. The van der Waals surface area contributed by atoms with Gasteiger partial charge in [-0.2, -0.15) is 0 Å². The van der Waals surface area contributed by atoms with Crippen molar-refractivity contribution in [3.05, 3.63) is 54.1 Å². The van der Waals surface area contributed by atoms with Gasteiger partial charge < -0.3 is 5.32 Å². The number of aromatic nitrogens is 4. The van der Waals surface area contributed by atoms with E-state index in [1.807, 2.05) is 59.9 Å². The minimum absolute atomic E-state index is 0.0653. The van der Waals surface area contributed by atoms with Crippen molar-refractivity contribution in [3.8, 4) is 0 Å². The van der Waals surface area contributed by atoms with Crippen molar-refractivity contribution in [1.29, 1.82) is 0 Å². The molecule has 1 amide bonds. The lowest BCUT2D eigenvalue weighted by molar-refractivity contribution is -0.113. The summed E-state index contributed by atoms with van der Waals surface area (Å²) in [5.41, 5.74) is 3.83. The predicted molar refractivity (Wildman–Crippen MR) is 95.4 cm³/mol. The molecule has 0 saturated heterocycles. The molecule has 2 N–H and O–H groups in total. The lowest BCUT2D eigenvalue weighted by atomic mass is 10.2. The van der Waals surface area contributed by atoms with Crippen LogP contribution in [-0.4, -0.2) is 31.2 Å². The largest absolute Gasteiger partial charge is 0.325 e. The molecule has 0 bridgehead atoms. The number of aromatic amines is 1. The fourth-order valence-electron chi connectivity index (χ4n) is 2.50. The van der Waals surface area contributed by atoms with E-state index >= 15 is 0 Å². The molecule has 24 heavy (non-hydrogen) atoms. The van der Waals surface area contributed by atoms with Crippen LogP contribution in [0.1, 0.15) is 5.56 Å². The van der Waals surface area contributed by atoms with Gasteiger partial charge in [-0.1, -0.05) is 41.6 Å². The summed E-state index contributed by atoms with van der Waals surface area (Å²) in [6, 6.07) is 15.6. The van der Waals surface area contributed by atoms with Gasteiger partial charge in [0.05, 0.1) is 16.8 Å². The van der Waals surface area contributed by atoms with Crippen molar-refractivity contribution in [2.75, 3.05) is 11.1 Å². The lowest BCUT2D eigenvalue weighted by Crippen LogP contribution is -2.14. The summed E-state index contributed by atoms with van der Waals surface area (Å²) in [6.45, 7) is 2.01. The standard InChI is InChI=1S/C17H15N5OS/c1-11-6-8-12(9-7-11)18-15(23)10-24-17-21-20-16-19-13-4-2-3-5-14(13)22(16)17/h2-9H,10H2,1H3,(H,18,23)(H,19,20). The Hall–Kier alpha value is -2.80. The minimum Gasteiger partial charge on any atom is -0.325 e. The molecule has 0 aliphatic heterocycles. The van der Waals surface area contributed by atoms with Gasteiger partial charge in [0.2, 0.25) is 11.7 Å². The monoisotopic (exact) mass is 337 g/mol. The fraction of sp³-hybridized carbons (Fsp3) is 0.118. The second-order valence-corrected chi connectivity index (χ2v) is 6.41. The molecule has 7 heteroatoms. The van der Waals surface area contributed by atoms with E-state index in [0.717, 1.165) is 27.4 Å². The van der Waals surface area contributed by atoms with Gasteiger partial charge in [-0.25, -0.2) is 10.1 Å². The quantitative estimate of drug-likeness (QED) is 0.561. The average molecular weight is 337 g/mol. The molecule has 0 saturated carbocycles. The van der Waals surface area contributed by atoms with Crippen LogP contribution < -0.4 is 5.32 Å². The van der Waals surface area contributed by atoms with E-state index in [2.05, 4.69) is 20.5 Å².